The molecule has 1 saturated carbocycles. The van der Waals surface area contributed by atoms with Crippen molar-refractivity contribution in [2.75, 3.05) is 18.6 Å². The van der Waals surface area contributed by atoms with Crippen LogP contribution >= 0.6 is 23.5 Å². The van der Waals surface area contributed by atoms with Gasteiger partial charge in [0.25, 0.3) is 0 Å². The van der Waals surface area contributed by atoms with Crippen molar-refractivity contribution in [3.63, 3.8) is 0 Å². The van der Waals surface area contributed by atoms with E-state index in [-0.39, 0.29) is 0 Å². The predicted octanol–water partition coefficient (Wildman–Crippen LogP) is 9.37. The molecule has 3 nitrogen and oxygen atoms in total. The van der Waals surface area contributed by atoms with Crippen molar-refractivity contribution < 1.29 is 9.94 Å². The molecule has 0 aromatic rings. The van der Waals surface area contributed by atoms with Crippen LogP contribution in [0.5, 0.6) is 0 Å². The van der Waals surface area contributed by atoms with E-state index >= 15 is 0 Å². The second-order valence-electron chi connectivity index (χ2n) is 8.83. The van der Waals surface area contributed by atoms with E-state index in [0.717, 1.165) is 74.3 Å². The second-order valence-corrected chi connectivity index (χ2v) is 11.4. The zero-order chi connectivity index (χ0) is 25.3. The van der Waals surface area contributed by atoms with Crippen molar-refractivity contribution >= 4 is 29.2 Å². The first-order chi connectivity index (χ1) is 17.1. The molecular formula is C30H43NO2S2. The van der Waals surface area contributed by atoms with Crippen molar-refractivity contribution in [2.24, 2.45) is 11.1 Å². The highest BCUT2D eigenvalue weighted by atomic mass is 32.2. The molecular weight excluding hydrogens is 470 g/mol. The van der Waals surface area contributed by atoms with Crippen molar-refractivity contribution in [1.29, 1.82) is 0 Å². The minimum atomic E-state index is 0.433. The van der Waals surface area contributed by atoms with Crippen molar-refractivity contribution in [1.82, 2.24) is 0 Å². The quantitative estimate of drug-likeness (QED) is 0.129. The molecule has 2 aliphatic carbocycles. The second kappa shape index (κ2) is 17.6. The summed E-state index contributed by atoms with van der Waals surface area (Å²) in [5.74, 6) is 3.36. The molecule has 0 aromatic carbocycles. The first-order valence-corrected chi connectivity index (χ1v) is 14.9. The highest BCUT2D eigenvalue weighted by molar-refractivity contribution is 8.22. The first kappa shape index (κ1) is 29.4. The molecule has 0 heterocycles. The van der Waals surface area contributed by atoms with Crippen LogP contribution in [0.15, 0.2) is 87.1 Å². The first-order valence-electron chi connectivity index (χ1n) is 12.9. The maximum absolute atomic E-state index is 10.1. The lowest BCUT2D eigenvalue weighted by Crippen LogP contribution is -2.16. The van der Waals surface area contributed by atoms with Gasteiger partial charge in [-0.1, -0.05) is 74.5 Å². The zero-order valence-electron chi connectivity index (χ0n) is 21.8. The molecule has 35 heavy (non-hydrogen) atoms. The van der Waals surface area contributed by atoms with Gasteiger partial charge in [-0.3, -0.25) is 0 Å². The SMILES string of the molecule is C=C/C(=C\C=C(/CC)OC)CC1CCCCC(=C(\SCC)SCC2=CCCC=CC=C2)/C(=N/O)C1. The molecule has 0 spiro atoms. The number of nitrogens with zero attached hydrogens (tertiary/aromatic N) is 1. The Morgan fingerprint density at radius 3 is 2.77 bits per heavy atom. The van der Waals surface area contributed by atoms with Crippen LogP contribution in [0.3, 0.4) is 0 Å². The normalized spacial score (nSPS) is 22.7. The number of methoxy groups -OCH3 is 1. The minimum absolute atomic E-state index is 0.433. The maximum Gasteiger partial charge on any atom is 0.0952 e. The van der Waals surface area contributed by atoms with Gasteiger partial charge >= 0.3 is 0 Å². The highest BCUT2D eigenvalue weighted by Gasteiger charge is 2.23. The van der Waals surface area contributed by atoms with Gasteiger partial charge in [0.2, 0.25) is 0 Å². The molecule has 0 radical (unpaired) electrons. The smallest absolute Gasteiger partial charge is 0.0952 e. The molecule has 1 unspecified atom stereocenters. The predicted molar refractivity (Wildman–Crippen MR) is 157 cm³/mol. The van der Waals surface area contributed by atoms with Crippen molar-refractivity contribution in [3.05, 3.63) is 81.9 Å². The van der Waals surface area contributed by atoms with Crippen LogP contribution in [-0.2, 0) is 4.74 Å². The van der Waals surface area contributed by atoms with E-state index in [1.54, 1.807) is 7.11 Å². The number of rotatable bonds is 11. The van der Waals surface area contributed by atoms with E-state index in [2.05, 4.69) is 62.0 Å². The van der Waals surface area contributed by atoms with Gasteiger partial charge in [0.15, 0.2) is 0 Å². The Kier molecular flexibility index (Phi) is 14.7. The third-order valence-electron chi connectivity index (χ3n) is 6.31. The van der Waals surface area contributed by atoms with Gasteiger partial charge in [0.05, 0.1) is 18.6 Å². The van der Waals surface area contributed by atoms with Gasteiger partial charge < -0.3 is 9.94 Å². The van der Waals surface area contributed by atoms with E-state index in [1.807, 2.05) is 35.7 Å². The Labute approximate surface area is 221 Å². The van der Waals surface area contributed by atoms with Gasteiger partial charge in [-0.25, -0.2) is 0 Å². The van der Waals surface area contributed by atoms with Crippen LogP contribution < -0.4 is 0 Å². The average Bonchev–Trinajstić information content (AvgIpc) is 2.84. The minimum Gasteiger partial charge on any atom is -0.501 e. The van der Waals surface area contributed by atoms with Gasteiger partial charge in [-0.05, 0) is 79.4 Å². The molecule has 0 amide bonds. The summed E-state index contributed by atoms with van der Waals surface area (Å²) in [6.45, 7) is 8.33. The van der Waals surface area contributed by atoms with E-state index in [1.165, 1.54) is 27.4 Å². The molecule has 1 fully saturated rings. The molecule has 1 atom stereocenters. The van der Waals surface area contributed by atoms with E-state index in [4.69, 9.17) is 4.74 Å². The Morgan fingerprint density at radius 1 is 1.20 bits per heavy atom. The summed E-state index contributed by atoms with van der Waals surface area (Å²) in [5.41, 5.74) is 4.70. The topological polar surface area (TPSA) is 41.8 Å². The number of oxime groups is 1. The summed E-state index contributed by atoms with van der Waals surface area (Å²) in [6, 6.07) is 0. The third kappa shape index (κ3) is 10.7. The van der Waals surface area contributed by atoms with E-state index in [9.17, 15) is 5.21 Å². The molecule has 0 bridgehead atoms. The molecule has 0 aromatic heterocycles. The number of ether oxygens (including phenoxy) is 1. The van der Waals surface area contributed by atoms with Crippen molar-refractivity contribution in [2.45, 2.75) is 71.6 Å². The number of thioether (sulfide) groups is 2. The van der Waals surface area contributed by atoms with Crippen LogP contribution in [0.4, 0.5) is 0 Å². The summed E-state index contributed by atoms with van der Waals surface area (Å²) < 4.78 is 6.73. The molecule has 2 rings (SSSR count). The Morgan fingerprint density at radius 2 is 2.06 bits per heavy atom. The Balaban J connectivity index is 2.21. The Hall–Kier alpha value is -1.85. The summed E-state index contributed by atoms with van der Waals surface area (Å²) >= 11 is 3.79. The Bertz CT molecular complexity index is 884. The molecule has 192 valence electrons. The summed E-state index contributed by atoms with van der Waals surface area (Å²) in [5, 5.41) is 13.9. The fourth-order valence-corrected chi connectivity index (χ4v) is 6.77. The zero-order valence-corrected chi connectivity index (χ0v) is 23.4. The molecule has 5 heteroatoms. The van der Waals surface area contributed by atoms with Gasteiger partial charge in [0, 0.05) is 16.4 Å². The van der Waals surface area contributed by atoms with Crippen LogP contribution in [-0.4, -0.2) is 29.5 Å². The standard InChI is InChI=1S/C30H43NO2S2/c1-5-24(19-20-27(6-2)33-4)21-26-17-13-14-18-28(29(22-26)31-32)30(34-7-3)35-23-25-15-11-9-8-10-12-16-25/h5,8-9,11,15-16,19-20,26,32H,1,6-7,10,12-14,17-18,21-23H2,2-4H3/b9-8?,15-11?,24-19+,25-16?,27-20+,30-28-,31-29+. The molecule has 1 N–H and O–H groups in total. The highest BCUT2D eigenvalue weighted by Crippen LogP contribution is 2.39. The lowest BCUT2D eigenvalue weighted by atomic mass is 9.84. The molecule has 0 aliphatic heterocycles. The molecule has 2 aliphatic rings. The van der Waals surface area contributed by atoms with Gasteiger partial charge in [-0.2, -0.15) is 0 Å². The largest absolute Gasteiger partial charge is 0.501 e. The van der Waals surface area contributed by atoms with E-state index < -0.39 is 0 Å². The summed E-state index contributed by atoms with van der Waals surface area (Å²) in [6.07, 6.45) is 26.4. The number of hydrogen-bond acceptors (Lipinski definition) is 5. The summed E-state index contributed by atoms with van der Waals surface area (Å²) in [7, 11) is 1.72. The third-order valence-corrected chi connectivity index (χ3v) is 8.80. The lowest BCUT2D eigenvalue weighted by Gasteiger charge is -2.24. The van der Waals surface area contributed by atoms with Crippen molar-refractivity contribution in [3.8, 4) is 0 Å². The van der Waals surface area contributed by atoms with Crippen LogP contribution in [0, 0.1) is 5.92 Å². The fourth-order valence-electron chi connectivity index (χ4n) is 4.35. The fraction of sp³-hybridized carbons (Fsp3) is 0.500. The summed E-state index contributed by atoms with van der Waals surface area (Å²) in [4.78, 5) is 0. The lowest BCUT2D eigenvalue weighted by molar-refractivity contribution is 0.281. The van der Waals surface area contributed by atoms with Crippen LogP contribution in [0.25, 0.3) is 0 Å². The number of hydrogen-bond donors (Lipinski definition) is 1. The van der Waals surface area contributed by atoms with Gasteiger partial charge in [-0.15, -0.1) is 23.5 Å². The van der Waals surface area contributed by atoms with Crippen LogP contribution in [0.1, 0.15) is 71.6 Å². The van der Waals surface area contributed by atoms with Gasteiger partial charge in [0.1, 0.15) is 0 Å². The average molecular weight is 514 g/mol. The van der Waals surface area contributed by atoms with E-state index in [0.29, 0.717) is 5.92 Å². The van der Waals surface area contributed by atoms with Crippen LogP contribution in [0.2, 0.25) is 0 Å². The monoisotopic (exact) mass is 513 g/mol. The maximum atomic E-state index is 10.1. The number of allylic oxidation sites excluding steroid dienone is 11. The molecule has 0 saturated heterocycles.